The molecular formula is C108H130N8O20. The lowest BCUT2D eigenvalue weighted by molar-refractivity contribution is -0.0116. The van der Waals surface area contributed by atoms with E-state index in [0.717, 1.165) is 156 Å². The molecule has 8 heterocycles. The minimum absolute atomic E-state index is 0.452. The fourth-order valence-corrected chi connectivity index (χ4v) is 17.9. The molecule has 10 aromatic rings. The van der Waals surface area contributed by atoms with Gasteiger partial charge in [-0.2, -0.15) is 0 Å². The summed E-state index contributed by atoms with van der Waals surface area (Å²) in [6, 6.07) is 71.0. The standard InChI is InChI=1S/C108H130N8O20/c1-2-10-90-89(9-1)101-97(81-17-25-85(26-18-81)113-33-41-117-49-57-125-65-73-133-74-66-126-58-50-118-42-34-113)103-91-11-3-4-12-92(91)105(110-103)99(83-21-29-87(30-22-83)115-37-45-121-53-61-129-69-77-135-78-70-130-62-54-122-46-38-115)107-95-15-7-8-16-96(95)108(112-107)100(84-23-31-88(32-24-84)116-39-47-123-55-63-131-71-79-136-80-72-132-64-56-124-48-40-116)106-94-14-6-5-13-93(94)104(111-106)98(102(90)109-101)82-19-27-86(28-20-82)114-35-43-119-51-59-127-67-75-134-76-68-128-60-52-120-44-36-114/h1-32,109,112H,33-80H2. The molecule has 6 aliphatic heterocycles. The van der Waals surface area contributed by atoms with E-state index in [1.807, 2.05) is 0 Å². The number of anilines is 4. The highest BCUT2D eigenvalue weighted by atomic mass is 16.6. The Kier molecular flexibility index (Phi) is 38.0. The Morgan fingerprint density at radius 3 is 0.456 bits per heavy atom. The summed E-state index contributed by atoms with van der Waals surface area (Å²) in [6.45, 7) is 23.7. The molecule has 0 unspecified atom stereocenters. The maximum atomic E-state index is 6.31. The molecule has 0 radical (unpaired) electrons. The van der Waals surface area contributed by atoms with Crippen LogP contribution in [0.5, 0.6) is 0 Å². The van der Waals surface area contributed by atoms with Gasteiger partial charge in [0, 0.05) is 141 Å². The van der Waals surface area contributed by atoms with Gasteiger partial charge in [-0.05, 0) is 70.8 Å². The lowest BCUT2D eigenvalue weighted by atomic mass is 9.93. The Morgan fingerprint density at radius 1 is 0.162 bits per heavy atom. The van der Waals surface area contributed by atoms with E-state index in [1.54, 1.807) is 0 Å². The molecule has 0 spiro atoms. The summed E-state index contributed by atoms with van der Waals surface area (Å²) in [6.07, 6.45) is 0. The summed E-state index contributed by atoms with van der Waals surface area (Å²) in [5.74, 6) is 0. The average Bonchev–Trinajstić information content (AvgIpc) is 1.56. The van der Waals surface area contributed by atoms with Gasteiger partial charge in [-0.3, -0.25) is 0 Å². The largest absolute Gasteiger partial charge is 0.377 e. The Hall–Kier alpha value is -10.2. The number of aromatic nitrogens is 4. The number of ether oxygens (including phenoxy) is 20. The van der Waals surface area contributed by atoms with Gasteiger partial charge < -0.3 is 124 Å². The molecular weight excluding hydrogens is 1730 g/mol. The molecule has 2 aromatic heterocycles. The van der Waals surface area contributed by atoms with Crippen LogP contribution in [-0.4, -0.2) is 337 Å². The zero-order valence-corrected chi connectivity index (χ0v) is 78.3. The monoisotopic (exact) mass is 1860 g/mol. The first kappa shape index (κ1) is 97.4. The van der Waals surface area contributed by atoms with E-state index < -0.39 is 0 Å². The van der Waals surface area contributed by atoms with Crippen LogP contribution in [0.25, 0.3) is 133 Å². The van der Waals surface area contributed by atoms with E-state index in [1.165, 1.54) is 0 Å². The topological polar surface area (TPSA) is 255 Å². The Bertz CT molecular complexity index is 4920. The van der Waals surface area contributed by atoms with Crippen molar-refractivity contribution < 1.29 is 94.7 Å². The highest BCUT2D eigenvalue weighted by molar-refractivity contribution is 6.21. The van der Waals surface area contributed by atoms with Crippen molar-refractivity contribution in [2.75, 3.05) is 336 Å². The number of benzene rings is 8. The number of hydrogen-bond donors (Lipinski definition) is 2. The maximum absolute atomic E-state index is 6.31. The molecule has 28 heteroatoms. The van der Waals surface area contributed by atoms with Crippen LogP contribution < -0.4 is 19.6 Å². The van der Waals surface area contributed by atoms with Crippen molar-refractivity contribution in [2.45, 2.75) is 0 Å². The molecule has 2 N–H and O–H groups in total. The Labute approximate surface area is 796 Å². The molecule has 136 heavy (non-hydrogen) atoms. The third kappa shape index (κ3) is 26.4. The summed E-state index contributed by atoms with van der Waals surface area (Å²) in [5.41, 5.74) is 22.0. The normalized spacial score (nSPS) is 18.9. The van der Waals surface area contributed by atoms with Gasteiger partial charge in [-0.15, -0.1) is 0 Å². The van der Waals surface area contributed by atoms with Crippen LogP contribution >= 0.6 is 0 Å². The first-order valence-electron chi connectivity index (χ1n) is 48.5. The molecule has 4 fully saturated rings. The van der Waals surface area contributed by atoms with E-state index in [-0.39, 0.29) is 0 Å². The van der Waals surface area contributed by atoms with Gasteiger partial charge >= 0.3 is 0 Å². The van der Waals surface area contributed by atoms with E-state index in [9.17, 15) is 0 Å². The van der Waals surface area contributed by atoms with Crippen LogP contribution in [0.4, 0.5) is 22.7 Å². The molecule has 722 valence electrons. The summed E-state index contributed by atoms with van der Waals surface area (Å²) in [4.78, 5) is 30.7. The Morgan fingerprint density at radius 2 is 0.301 bits per heavy atom. The second-order valence-electron chi connectivity index (χ2n) is 33.4. The number of hydrogen-bond acceptors (Lipinski definition) is 26. The van der Waals surface area contributed by atoms with Crippen LogP contribution in [0.1, 0.15) is 0 Å². The van der Waals surface area contributed by atoms with Gasteiger partial charge in [0.15, 0.2) is 0 Å². The molecule has 28 nitrogen and oxygen atoms in total. The molecule has 4 saturated heterocycles. The number of aromatic amines is 2. The van der Waals surface area contributed by atoms with Crippen molar-refractivity contribution in [3.63, 3.8) is 0 Å². The smallest absolute Gasteiger partial charge is 0.0816 e. The number of nitrogens with one attached hydrogen (secondary N) is 2. The molecule has 0 atom stereocenters. The average molecular weight is 1860 g/mol. The number of rotatable bonds is 8. The molecule has 17 rings (SSSR count). The fraction of sp³-hybridized carbons (Fsp3) is 0.444. The van der Waals surface area contributed by atoms with Crippen LogP contribution in [-0.2, 0) is 94.7 Å². The third-order valence-electron chi connectivity index (χ3n) is 24.8. The van der Waals surface area contributed by atoms with Gasteiger partial charge in [-0.25, -0.2) is 9.97 Å². The van der Waals surface area contributed by atoms with E-state index in [2.05, 4.69) is 224 Å². The second kappa shape index (κ2) is 53.1. The van der Waals surface area contributed by atoms with Crippen molar-refractivity contribution in [3.05, 3.63) is 194 Å². The van der Waals surface area contributed by atoms with Gasteiger partial charge in [-0.1, -0.05) is 146 Å². The predicted octanol–water partition coefficient (Wildman–Crippen LogP) is 15.6. The SMILES string of the molecule is c1ccc2c(c1)-c1nc-2c(-c2ccc(N3CCOCCOCCOCCOCCOCC3)cc2)c2[nH]c(c(-c3ccc(N4CCOCCOCCOCCOCCOCC4)cc3)c3nc(c(-c4ccc(N5CCOCCOCCOCCOCCOCC5)cc4)c4[nH]c(c1-c1ccc(N5CCOCCOCCOCCOCCOCC5)cc1)c1ccccc41)-c1ccccc1-3)c1ccccc21. The second-order valence-corrected chi connectivity index (χ2v) is 33.4. The zero-order chi connectivity index (χ0) is 92.0. The predicted molar refractivity (Wildman–Crippen MR) is 532 cm³/mol. The number of nitrogens with zero attached hydrogens (tertiary/aromatic N) is 6. The van der Waals surface area contributed by atoms with Gasteiger partial charge in [0.2, 0.25) is 0 Å². The minimum atomic E-state index is 0.452. The summed E-state index contributed by atoms with van der Waals surface area (Å²) in [7, 11) is 0. The highest BCUT2D eigenvalue weighted by Gasteiger charge is 2.32. The van der Waals surface area contributed by atoms with Crippen molar-refractivity contribution in [2.24, 2.45) is 0 Å². The first-order valence-corrected chi connectivity index (χ1v) is 48.5. The molecule has 0 saturated carbocycles. The minimum Gasteiger partial charge on any atom is -0.377 e. The van der Waals surface area contributed by atoms with Crippen molar-refractivity contribution in [3.8, 4) is 89.5 Å². The van der Waals surface area contributed by atoms with Gasteiger partial charge in [0.1, 0.15) is 0 Å². The fourth-order valence-electron chi connectivity index (χ4n) is 17.9. The van der Waals surface area contributed by atoms with Crippen LogP contribution in [0.2, 0.25) is 0 Å². The quantitative estimate of drug-likeness (QED) is 0.143. The van der Waals surface area contributed by atoms with Crippen LogP contribution in [0.15, 0.2) is 194 Å². The van der Waals surface area contributed by atoms with Crippen molar-refractivity contribution in [1.29, 1.82) is 0 Å². The number of H-pyrrole nitrogens is 2. The summed E-state index contributed by atoms with van der Waals surface area (Å²) < 4.78 is 120. The molecule has 0 amide bonds. The van der Waals surface area contributed by atoms with Gasteiger partial charge in [0.05, 0.1) is 309 Å². The maximum Gasteiger partial charge on any atom is 0.0816 e. The first-order chi connectivity index (χ1) is 67.7. The Balaban J connectivity index is 0.899. The van der Waals surface area contributed by atoms with Crippen LogP contribution in [0, 0.1) is 0 Å². The third-order valence-corrected chi connectivity index (χ3v) is 24.8. The molecule has 7 aliphatic rings. The summed E-state index contributed by atoms with van der Waals surface area (Å²) in [5, 5.41) is 3.98. The molecule has 1 aliphatic carbocycles. The van der Waals surface area contributed by atoms with E-state index in [0.29, 0.717) is 317 Å². The van der Waals surface area contributed by atoms with Crippen LogP contribution in [0.3, 0.4) is 0 Å². The van der Waals surface area contributed by atoms with E-state index in [4.69, 9.17) is 105 Å². The lowest BCUT2D eigenvalue weighted by Crippen LogP contribution is -2.31. The van der Waals surface area contributed by atoms with Crippen molar-refractivity contribution in [1.82, 2.24) is 19.9 Å². The molecule has 8 aromatic carbocycles. The molecule has 8 bridgehead atoms. The lowest BCUT2D eigenvalue weighted by Gasteiger charge is -2.25. The van der Waals surface area contributed by atoms with Crippen molar-refractivity contribution >= 4 is 66.4 Å². The van der Waals surface area contributed by atoms with Gasteiger partial charge in [0.25, 0.3) is 0 Å². The zero-order valence-electron chi connectivity index (χ0n) is 78.3. The highest BCUT2D eigenvalue weighted by Crippen LogP contribution is 2.53. The van der Waals surface area contributed by atoms with E-state index >= 15 is 0 Å². The summed E-state index contributed by atoms with van der Waals surface area (Å²) >= 11 is 0.